The summed E-state index contributed by atoms with van der Waals surface area (Å²) in [5.41, 5.74) is 0. The van der Waals surface area contributed by atoms with E-state index >= 15 is 0 Å². The number of piperazine rings is 1. The fraction of sp³-hybridized carbons (Fsp3) is 0.833. The summed E-state index contributed by atoms with van der Waals surface area (Å²) in [6.07, 6.45) is 3.20. The van der Waals surface area contributed by atoms with Crippen molar-refractivity contribution in [2.45, 2.75) is 25.4 Å². The lowest BCUT2D eigenvalue weighted by molar-refractivity contribution is 0.104. The number of nitrogens with zero attached hydrogens (tertiary/aromatic N) is 2. The van der Waals surface area contributed by atoms with E-state index in [1.54, 1.807) is 0 Å². The van der Waals surface area contributed by atoms with Gasteiger partial charge >= 0.3 is 0 Å². The zero-order chi connectivity index (χ0) is 11.3. The quantitative estimate of drug-likeness (QED) is 0.678. The lowest BCUT2D eigenvalue weighted by Crippen LogP contribution is -2.51. The zero-order valence-electron chi connectivity index (χ0n) is 10.4. The molecule has 88 valence electrons. The highest BCUT2D eigenvalue weighted by molar-refractivity contribution is 4.91. The Kier molecular flexibility index (Phi) is 5.29. The van der Waals surface area contributed by atoms with Gasteiger partial charge in [0, 0.05) is 31.7 Å². The van der Waals surface area contributed by atoms with Crippen LogP contribution in [-0.2, 0) is 0 Å². The van der Waals surface area contributed by atoms with Crippen molar-refractivity contribution in [2.75, 3.05) is 40.3 Å². The third-order valence-corrected chi connectivity index (χ3v) is 3.26. The van der Waals surface area contributed by atoms with Crippen LogP contribution in [0.25, 0.3) is 0 Å². The first-order valence-corrected chi connectivity index (χ1v) is 5.92. The van der Waals surface area contributed by atoms with E-state index in [1.165, 1.54) is 19.6 Å². The predicted octanol–water partition coefficient (Wildman–Crippen LogP) is 0.786. The molecule has 0 aromatic heterocycles. The van der Waals surface area contributed by atoms with Crippen molar-refractivity contribution < 1.29 is 0 Å². The first-order chi connectivity index (χ1) is 7.17. The zero-order valence-corrected chi connectivity index (χ0v) is 10.4. The highest BCUT2D eigenvalue weighted by atomic mass is 15.3. The van der Waals surface area contributed by atoms with Crippen LogP contribution in [0.3, 0.4) is 0 Å². The van der Waals surface area contributed by atoms with Gasteiger partial charge in [0.2, 0.25) is 0 Å². The van der Waals surface area contributed by atoms with E-state index in [1.807, 2.05) is 6.08 Å². The van der Waals surface area contributed by atoms with E-state index in [-0.39, 0.29) is 0 Å². The molecule has 1 rings (SSSR count). The van der Waals surface area contributed by atoms with E-state index < -0.39 is 0 Å². The molecule has 2 unspecified atom stereocenters. The molecule has 1 aliphatic heterocycles. The molecule has 0 saturated carbocycles. The van der Waals surface area contributed by atoms with Crippen LogP contribution in [0.2, 0.25) is 0 Å². The molecule has 3 heteroatoms. The van der Waals surface area contributed by atoms with Crippen molar-refractivity contribution >= 4 is 0 Å². The van der Waals surface area contributed by atoms with Gasteiger partial charge in [-0.05, 0) is 27.1 Å². The van der Waals surface area contributed by atoms with Crippen LogP contribution >= 0.6 is 0 Å². The Morgan fingerprint density at radius 3 is 2.80 bits per heavy atom. The second kappa shape index (κ2) is 6.26. The monoisotopic (exact) mass is 211 g/mol. The molecule has 0 aromatic carbocycles. The average molecular weight is 211 g/mol. The van der Waals surface area contributed by atoms with Gasteiger partial charge in [-0.25, -0.2) is 0 Å². The molecule has 0 radical (unpaired) electrons. The van der Waals surface area contributed by atoms with E-state index in [2.05, 4.69) is 42.7 Å². The van der Waals surface area contributed by atoms with Gasteiger partial charge in [0.1, 0.15) is 0 Å². The minimum Gasteiger partial charge on any atom is -0.311 e. The molecule has 1 fully saturated rings. The molecular weight excluding hydrogens is 186 g/mol. The number of nitrogens with one attached hydrogen (secondary N) is 1. The molecule has 1 saturated heterocycles. The third kappa shape index (κ3) is 3.93. The van der Waals surface area contributed by atoms with Crippen LogP contribution in [0.15, 0.2) is 12.7 Å². The maximum Gasteiger partial charge on any atom is 0.0262 e. The molecule has 1 aliphatic rings. The van der Waals surface area contributed by atoms with Gasteiger partial charge in [0.15, 0.2) is 0 Å². The first kappa shape index (κ1) is 12.7. The third-order valence-electron chi connectivity index (χ3n) is 3.26. The fourth-order valence-corrected chi connectivity index (χ4v) is 2.17. The largest absolute Gasteiger partial charge is 0.311 e. The van der Waals surface area contributed by atoms with Crippen molar-refractivity contribution in [3.05, 3.63) is 12.7 Å². The molecule has 0 aliphatic carbocycles. The van der Waals surface area contributed by atoms with Crippen LogP contribution in [0.4, 0.5) is 0 Å². The van der Waals surface area contributed by atoms with Crippen LogP contribution in [0.1, 0.15) is 13.3 Å². The van der Waals surface area contributed by atoms with Crippen molar-refractivity contribution in [3.63, 3.8) is 0 Å². The van der Waals surface area contributed by atoms with Gasteiger partial charge in [-0.3, -0.25) is 0 Å². The maximum absolute atomic E-state index is 3.89. The average Bonchev–Trinajstić information content (AvgIpc) is 2.22. The van der Waals surface area contributed by atoms with Crippen molar-refractivity contribution in [1.29, 1.82) is 0 Å². The summed E-state index contributed by atoms with van der Waals surface area (Å²) < 4.78 is 0. The fourth-order valence-electron chi connectivity index (χ4n) is 2.17. The van der Waals surface area contributed by atoms with Crippen molar-refractivity contribution in [3.8, 4) is 0 Å². The summed E-state index contributed by atoms with van der Waals surface area (Å²) in [6, 6.07) is 1.11. The van der Waals surface area contributed by atoms with Gasteiger partial charge in [0.05, 0.1) is 0 Å². The van der Waals surface area contributed by atoms with Crippen molar-refractivity contribution in [2.24, 2.45) is 0 Å². The summed E-state index contributed by atoms with van der Waals surface area (Å²) in [5, 5.41) is 3.45. The van der Waals surface area contributed by atoms with Gasteiger partial charge < -0.3 is 15.1 Å². The summed E-state index contributed by atoms with van der Waals surface area (Å²) in [5.74, 6) is 0. The molecule has 15 heavy (non-hydrogen) atoms. The molecule has 1 heterocycles. The predicted molar refractivity (Wildman–Crippen MR) is 66.2 cm³/mol. The van der Waals surface area contributed by atoms with Gasteiger partial charge in [-0.1, -0.05) is 13.0 Å². The summed E-state index contributed by atoms with van der Waals surface area (Å²) in [7, 11) is 4.43. The van der Waals surface area contributed by atoms with Gasteiger partial charge in [-0.15, -0.1) is 6.58 Å². The Morgan fingerprint density at radius 2 is 2.20 bits per heavy atom. The first-order valence-electron chi connectivity index (χ1n) is 5.92. The minimum absolute atomic E-state index is 0.453. The van der Waals surface area contributed by atoms with E-state index in [0.29, 0.717) is 12.1 Å². The SMILES string of the molecule is C=CC(CC1CN(C)CCN1C)NCC. The second-order valence-electron chi connectivity index (χ2n) is 4.53. The highest BCUT2D eigenvalue weighted by Gasteiger charge is 2.23. The summed E-state index contributed by atoms with van der Waals surface area (Å²) >= 11 is 0. The smallest absolute Gasteiger partial charge is 0.0262 e. The molecular formula is C12H25N3. The van der Waals surface area contributed by atoms with Crippen molar-refractivity contribution in [1.82, 2.24) is 15.1 Å². The lowest BCUT2D eigenvalue weighted by Gasteiger charge is -2.39. The maximum atomic E-state index is 3.89. The molecule has 0 amide bonds. The Morgan fingerprint density at radius 1 is 1.47 bits per heavy atom. The van der Waals surface area contributed by atoms with Crippen LogP contribution in [0.5, 0.6) is 0 Å². The Bertz CT molecular complexity index is 193. The Labute approximate surface area is 94.1 Å². The molecule has 1 N–H and O–H groups in total. The van der Waals surface area contributed by atoms with E-state index in [9.17, 15) is 0 Å². The second-order valence-corrected chi connectivity index (χ2v) is 4.53. The van der Waals surface area contributed by atoms with Gasteiger partial charge in [0.25, 0.3) is 0 Å². The molecule has 0 aromatic rings. The lowest BCUT2D eigenvalue weighted by atomic mass is 10.0. The summed E-state index contributed by atoms with van der Waals surface area (Å²) in [4.78, 5) is 4.88. The standard InChI is InChI=1S/C12H25N3/c1-5-11(13-6-2)9-12-10-14(3)7-8-15(12)4/h5,11-13H,1,6-10H2,2-4H3. The Hall–Kier alpha value is -0.380. The topological polar surface area (TPSA) is 18.5 Å². The van der Waals surface area contributed by atoms with E-state index in [4.69, 9.17) is 0 Å². The Balaban J connectivity index is 2.42. The highest BCUT2D eigenvalue weighted by Crippen LogP contribution is 2.12. The molecule has 3 nitrogen and oxygen atoms in total. The normalized spacial score (nSPS) is 26.5. The minimum atomic E-state index is 0.453. The molecule has 2 atom stereocenters. The molecule has 0 bridgehead atoms. The number of hydrogen-bond donors (Lipinski definition) is 1. The number of rotatable bonds is 5. The molecule has 0 spiro atoms. The van der Waals surface area contributed by atoms with Gasteiger partial charge in [-0.2, -0.15) is 0 Å². The van der Waals surface area contributed by atoms with Crippen LogP contribution in [0, 0.1) is 0 Å². The summed E-state index contributed by atoms with van der Waals surface area (Å²) in [6.45, 7) is 10.6. The number of likely N-dealkylation sites (N-methyl/N-ethyl adjacent to an activating group) is 3. The van der Waals surface area contributed by atoms with Crippen LogP contribution in [-0.4, -0.2) is 62.2 Å². The number of hydrogen-bond acceptors (Lipinski definition) is 3. The van der Waals surface area contributed by atoms with E-state index in [0.717, 1.165) is 13.0 Å². The van der Waals surface area contributed by atoms with Crippen LogP contribution < -0.4 is 5.32 Å².